The zero-order valence-corrected chi connectivity index (χ0v) is 10.8. The Kier molecular flexibility index (Phi) is 3.24. The van der Waals surface area contributed by atoms with Gasteiger partial charge in [-0.3, -0.25) is 0 Å². The number of rotatable bonds is 2. The number of anilines is 1. The highest BCUT2D eigenvalue weighted by atomic mass is 35.5. The van der Waals surface area contributed by atoms with Gasteiger partial charge in [-0.25, -0.2) is 4.98 Å². The molecule has 0 saturated heterocycles. The van der Waals surface area contributed by atoms with E-state index in [9.17, 15) is 0 Å². The number of hydrogen-bond donors (Lipinski definition) is 1. The number of nitrogens with one attached hydrogen (secondary N) is 1. The largest absolute Gasteiger partial charge is 0.366 e. The highest BCUT2D eigenvalue weighted by molar-refractivity contribution is 6.21. The number of aromatic nitrogens is 1. The quantitative estimate of drug-likeness (QED) is 0.813. The maximum Gasteiger partial charge on any atom is 0.126 e. The van der Waals surface area contributed by atoms with Crippen LogP contribution in [0.2, 0.25) is 0 Å². The Balaban J connectivity index is 1.72. The zero-order valence-electron chi connectivity index (χ0n) is 10.1. The molecule has 2 nitrogen and oxygen atoms in total. The van der Waals surface area contributed by atoms with Crippen molar-refractivity contribution in [2.24, 2.45) is 0 Å². The molecule has 3 rings (SSSR count). The summed E-state index contributed by atoms with van der Waals surface area (Å²) < 4.78 is 0. The molecule has 0 aromatic carbocycles. The van der Waals surface area contributed by atoms with Crippen LogP contribution < -0.4 is 5.32 Å². The van der Waals surface area contributed by atoms with E-state index in [2.05, 4.69) is 17.4 Å². The van der Waals surface area contributed by atoms with Crippen LogP contribution in [0.3, 0.4) is 0 Å². The Hall–Kier alpha value is -0.760. The number of pyridine rings is 1. The number of hydrogen-bond acceptors (Lipinski definition) is 2. The second-order valence-corrected chi connectivity index (χ2v) is 5.77. The molecule has 0 amide bonds. The van der Waals surface area contributed by atoms with Gasteiger partial charge >= 0.3 is 0 Å². The molecule has 1 saturated carbocycles. The van der Waals surface area contributed by atoms with E-state index in [1.807, 2.05) is 0 Å². The van der Waals surface area contributed by atoms with Crippen molar-refractivity contribution in [3.63, 3.8) is 0 Å². The Morgan fingerprint density at radius 1 is 1.12 bits per heavy atom. The number of fused-ring (bicyclic) bond motifs is 1. The summed E-state index contributed by atoms with van der Waals surface area (Å²) in [4.78, 5) is 4.71. The van der Waals surface area contributed by atoms with Crippen molar-refractivity contribution in [1.29, 1.82) is 0 Å². The van der Waals surface area contributed by atoms with Gasteiger partial charge in [0.05, 0.1) is 5.38 Å². The minimum absolute atomic E-state index is 0.263. The van der Waals surface area contributed by atoms with Gasteiger partial charge in [0.2, 0.25) is 0 Å². The summed E-state index contributed by atoms with van der Waals surface area (Å²) in [6, 6.07) is 4.74. The van der Waals surface area contributed by atoms with E-state index in [4.69, 9.17) is 16.6 Å². The van der Waals surface area contributed by atoms with Gasteiger partial charge in [-0.05, 0) is 43.7 Å². The van der Waals surface area contributed by atoms with Gasteiger partial charge in [0.15, 0.2) is 0 Å². The molecule has 1 aromatic heterocycles. The molecular weight excluding hydrogens is 232 g/mol. The van der Waals surface area contributed by atoms with E-state index < -0.39 is 0 Å². The number of halogens is 1. The molecule has 17 heavy (non-hydrogen) atoms. The molecule has 0 spiro atoms. The van der Waals surface area contributed by atoms with Gasteiger partial charge in [0, 0.05) is 11.7 Å². The summed E-state index contributed by atoms with van der Waals surface area (Å²) in [7, 11) is 0. The summed E-state index contributed by atoms with van der Waals surface area (Å²) in [5.41, 5.74) is 2.72. The minimum Gasteiger partial charge on any atom is -0.366 e. The molecule has 0 radical (unpaired) electrons. The average Bonchev–Trinajstić information content (AvgIpc) is 2.79. The normalized spacial score (nSPS) is 27.8. The van der Waals surface area contributed by atoms with Gasteiger partial charge in [0.1, 0.15) is 5.82 Å². The second kappa shape index (κ2) is 4.85. The van der Waals surface area contributed by atoms with Crippen molar-refractivity contribution in [2.75, 3.05) is 5.32 Å². The van der Waals surface area contributed by atoms with Crippen LogP contribution in [0.15, 0.2) is 12.1 Å². The molecule has 2 atom stereocenters. The molecule has 2 aliphatic carbocycles. The second-order valence-electron chi connectivity index (χ2n) is 5.21. The Morgan fingerprint density at radius 2 is 2.00 bits per heavy atom. The summed E-state index contributed by atoms with van der Waals surface area (Å²) in [5, 5.41) is 3.78. The topological polar surface area (TPSA) is 24.9 Å². The first-order chi connectivity index (χ1) is 8.33. The maximum absolute atomic E-state index is 6.36. The standard InChI is InChI=1S/C14H19ClN2/c15-11-5-1-2-6-13(11)17-14-9-8-10-4-3-7-12(10)16-14/h8-9,11,13H,1-7H2,(H,16,17). The predicted molar refractivity (Wildman–Crippen MR) is 71.8 cm³/mol. The predicted octanol–water partition coefficient (Wildman–Crippen LogP) is 3.53. The Morgan fingerprint density at radius 3 is 2.88 bits per heavy atom. The van der Waals surface area contributed by atoms with Crippen molar-refractivity contribution in [2.45, 2.75) is 56.4 Å². The summed E-state index contributed by atoms with van der Waals surface area (Å²) in [6.07, 6.45) is 8.45. The maximum atomic E-state index is 6.36. The molecule has 1 fully saturated rings. The van der Waals surface area contributed by atoms with Crippen LogP contribution >= 0.6 is 11.6 Å². The fraction of sp³-hybridized carbons (Fsp3) is 0.643. The van der Waals surface area contributed by atoms with E-state index in [1.54, 1.807) is 0 Å². The van der Waals surface area contributed by atoms with Crippen LogP contribution in [0, 0.1) is 0 Å². The third kappa shape index (κ3) is 2.42. The highest BCUT2D eigenvalue weighted by Gasteiger charge is 2.23. The third-order valence-electron chi connectivity index (χ3n) is 3.94. The molecule has 0 bridgehead atoms. The minimum atomic E-state index is 0.263. The molecule has 2 aliphatic rings. The van der Waals surface area contributed by atoms with E-state index in [0.29, 0.717) is 6.04 Å². The van der Waals surface area contributed by atoms with Gasteiger partial charge in [-0.1, -0.05) is 18.9 Å². The first kappa shape index (κ1) is 11.3. The van der Waals surface area contributed by atoms with Crippen LogP contribution in [-0.4, -0.2) is 16.4 Å². The molecule has 92 valence electrons. The lowest BCUT2D eigenvalue weighted by atomic mass is 9.95. The fourth-order valence-electron chi connectivity index (χ4n) is 2.94. The molecule has 2 unspecified atom stereocenters. The first-order valence-electron chi connectivity index (χ1n) is 6.72. The number of alkyl halides is 1. The van der Waals surface area contributed by atoms with Gasteiger partial charge in [0.25, 0.3) is 0 Å². The van der Waals surface area contributed by atoms with Gasteiger partial charge < -0.3 is 5.32 Å². The van der Waals surface area contributed by atoms with Crippen LogP contribution in [0.1, 0.15) is 43.4 Å². The fourth-order valence-corrected chi connectivity index (χ4v) is 3.28. The monoisotopic (exact) mass is 250 g/mol. The summed E-state index contributed by atoms with van der Waals surface area (Å²) in [6.45, 7) is 0. The lowest BCUT2D eigenvalue weighted by molar-refractivity contribution is 0.468. The highest BCUT2D eigenvalue weighted by Crippen LogP contribution is 2.27. The molecule has 3 heteroatoms. The van der Waals surface area contributed by atoms with E-state index in [-0.39, 0.29) is 5.38 Å². The van der Waals surface area contributed by atoms with Crippen molar-refractivity contribution in [3.8, 4) is 0 Å². The van der Waals surface area contributed by atoms with Gasteiger partial charge in [-0.15, -0.1) is 11.6 Å². The molecule has 1 N–H and O–H groups in total. The Labute approximate surface area is 108 Å². The Bertz CT molecular complexity index is 405. The zero-order chi connectivity index (χ0) is 11.7. The van der Waals surface area contributed by atoms with Crippen molar-refractivity contribution < 1.29 is 0 Å². The van der Waals surface area contributed by atoms with Crippen LogP contribution in [0.25, 0.3) is 0 Å². The molecule has 1 heterocycles. The summed E-state index contributed by atoms with van der Waals surface area (Å²) in [5.74, 6) is 1.02. The molecule has 0 aliphatic heterocycles. The molecular formula is C14H19ClN2. The lowest BCUT2D eigenvalue weighted by Crippen LogP contribution is -2.33. The van der Waals surface area contributed by atoms with Crippen molar-refractivity contribution >= 4 is 17.4 Å². The first-order valence-corrected chi connectivity index (χ1v) is 7.16. The van der Waals surface area contributed by atoms with Crippen LogP contribution in [-0.2, 0) is 12.8 Å². The van der Waals surface area contributed by atoms with Crippen molar-refractivity contribution in [3.05, 3.63) is 23.4 Å². The van der Waals surface area contributed by atoms with Crippen molar-refractivity contribution in [1.82, 2.24) is 4.98 Å². The van der Waals surface area contributed by atoms with Crippen LogP contribution in [0.4, 0.5) is 5.82 Å². The summed E-state index contributed by atoms with van der Waals surface area (Å²) >= 11 is 6.36. The third-order valence-corrected chi connectivity index (χ3v) is 4.47. The lowest BCUT2D eigenvalue weighted by Gasteiger charge is -2.28. The van der Waals surface area contributed by atoms with E-state index >= 15 is 0 Å². The molecule has 1 aromatic rings. The SMILES string of the molecule is ClC1CCCCC1Nc1ccc2c(n1)CCC2. The van der Waals surface area contributed by atoms with E-state index in [0.717, 1.165) is 18.7 Å². The number of aryl methyl sites for hydroxylation is 2. The average molecular weight is 251 g/mol. The number of nitrogens with zero attached hydrogens (tertiary/aromatic N) is 1. The smallest absolute Gasteiger partial charge is 0.126 e. The van der Waals surface area contributed by atoms with Gasteiger partial charge in [-0.2, -0.15) is 0 Å². The van der Waals surface area contributed by atoms with E-state index in [1.165, 1.54) is 43.4 Å². The van der Waals surface area contributed by atoms with Crippen LogP contribution in [0.5, 0.6) is 0 Å².